The molecule has 0 atom stereocenters. The van der Waals surface area contributed by atoms with Crippen molar-refractivity contribution in [1.29, 1.82) is 0 Å². The Morgan fingerprint density at radius 2 is 2.00 bits per heavy atom. The van der Waals surface area contributed by atoms with E-state index in [9.17, 15) is 10.1 Å². The molecule has 1 aromatic rings. The summed E-state index contributed by atoms with van der Waals surface area (Å²) in [6, 6.07) is 1.94. The Balaban J connectivity index is 2.87. The van der Waals surface area contributed by atoms with Gasteiger partial charge in [-0.25, -0.2) is 4.99 Å². The summed E-state index contributed by atoms with van der Waals surface area (Å²) >= 11 is 5.69. The number of aliphatic imine (C=N–C) groups is 1. The van der Waals surface area contributed by atoms with E-state index in [1.165, 1.54) is 0 Å². The fraction of sp³-hybridized carbons (Fsp3) is 0.562. The van der Waals surface area contributed by atoms with Crippen LogP contribution in [0.1, 0.15) is 50.8 Å². The van der Waals surface area contributed by atoms with Gasteiger partial charge < -0.3 is 5.73 Å². The summed E-state index contributed by atoms with van der Waals surface area (Å²) < 4.78 is 0. The Kier molecular flexibility index (Phi) is 3.98. The van der Waals surface area contributed by atoms with E-state index in [0.29, 0.717) is 11.3 Å². The fourth-order valence-corrected chi connectivity index (χ4v) is 3.85. The molecule has 6 heteroatoms. The number of nitro groups is 1. The number of nitrogens with zero attached hydrogens (tertiary/aromatic N) is 2. The predicted molar refractivity (Wildman–Crippen MR) is 90.5 cm³/mol. The molecule has 2 N–H and O–H groups in total. The second-order valence-electron chi connectivity index (χ2n) is 7.23. The van der Waals surface area contributed by atoms with Crippen molar-refractivity contribution < 1.29 is 4.92 Å². The molecule has 0 unspecified atom stereocenters. The van der Waals surface area contributed by atoms with E-state index in [-0.39, 0.29) is 33.2 Å². The Morgan fingerprint density at radius 1 is 1.41 bits per heavy atom. The summed E-state index contributed by atoms with van der Waals surface area (Å²) in [6.45, 7) is 10.1. The molecule has 0 amide bonds. The standard InChI is InChI=1S/C16H22ClN3O2/c1-9-11(19-12(18)7-17)6-10-13(14(9)20(21)22)16(4,5)8-15(10,2)3/h6H,7-8H2,1-5H3,(H2,18,19). The van der Waals surface area contributed by atoms with Crippen LogP contribution in [0.5, 0.6) is 0 Å². The van der Waals surface area contributed by atoms with Crippen molar-refractivity contribution in [2.75, 3.05) is 5.88 Å². The molecular weight excluding hydrogens is 302 g/mol. The molecule has 0 aliphatic heterocycles. The smallest absolute Gasteiger partial charge is 0.278 e. The molecule has 0 spiro atoms. The van der Waals surface area contributed by atoms with Gasteiger partial charge in [0.25, 0.3) is 5.69 Å². The number of amidine groups is 1. The van der Waals surface area contributed by atoms with Gasteiger partial charge in [-0.1, -0.05) is 27.7 Å². The van der Waals surface area contributed by atoms with Gasteiger partial charge in [0.05, 0.1) is 22.1 Å². The molecule has 0 aromatic heterocycles. The van der Waals surface area contributed by atoms with E-state index in [2.05, 4.69) is 32.7 Å². The van der Waals surface area contributed by atoms with Crippen molar-refractivity contribution in [3.63, 3.8) is 0 Å². The number of rotatable bonds is 3. The van der Waals surface area contributed by atoms with E-state index in [1.807, 2.05) is 6.07 Å². The van der Waals surface area contributed by atoms with Crippen molar-refractivity contribution >= 4 is 28.8 Å². The average molecular weight is 324 g/mol. The molecular formula is C16H22ClN3O2. The Hall–Kier alpha value is -1.62. The highest BCUT2D eigenvalue weighted by Crippen LogP contribution is 2.54. The molecule has 5 nitrogen and oxygen atoms in total. The lowest BCUT2D eigenvalue weighted by Crippen LogP contribution is -2.18. The van der Waals surface area contributed by atoms with Crippen molar-refractivity contribution in [1.82, 2.24) is 0 Å². The molecule has 0 bridgehead atoms. The number of hydrogen-bond donors (Lipinski definition) is 1. The number of fused-ring (bicyclic) bond motifs is 1. The first-order valence-corrected chi connectivity index (χ1v) is 7.76. The van der Waals surface area contributed by atoms with Gasteiger partial charge in [-0.3, -0.25) is 10.1 Å². The van der Waals surface area contributed by atoms with Crippen LogP contribution in [0.15, 0.2) is 11.1 Å². The van der Waals surface area contributed by atoms with E-state index in [1.54, 1.807) is 6.92 Å². The SMILES string of the molecule is Cc1c(N=C(N)CCl)cc2c(c1[N+](=O)[O-])C(C)(C)CC2(C)C. The normalized spacial score (nSPS) is 19.1. The monoisotopic (exact) mass is 323 g/mol. The summed E-state index contributed by atoms with van der Waals surface area (Å²) in [4.78, 5) is 15.7. The van der Waals surface area contributed by atoms with Crippen LogP contribution in [-0.4, -0.2) is 16.6 Å². The van der Waals surface area contributed by atoms with Crippen LogP contribution < -0.4 is 5.73 Å². The van der Waals surface area contributed by atoms with Gasteiger partial charge in [-0.05, 0) is 35.8 Å². The summed E-state index contributed by atoms with van der Waals surface area (Å²) in [5.41, 5.74) is 8.38. The van der Waals surface area contributed by atoms with Crippen LogP contribution in [-0.2, 0) is 10.8 Å². The highest BCUT2D eigenvalue weighted by atomic mass is 35.5. The Labute approximate surface area is 135 Å². The quantitative estimate of drug-likeness (QED) is 0.299. The molecule has 2 rings (SSSR count). The number of hydrogen-bond acceptors (Lipinski definition) is 3. The lowest BCUT2D eigenvalue weighted by molar-refractivity contribution is -0.386. The summed E-state index contributed by atoms with van der Waals surface area (Å²) in [7, 11) is 0. The first-order valence-electron chi connectivity index (χ1n) is 7.23. The van der Waals surface area contributed by atoms with Crippen LogP contribution in [0, 0.1) is 17.0 Å². The van der Waals surface area contributed by atoms with Gasteiger partial charge in [0.2, 0.25) is 0 Å². The first-order chi connectivity index (χ1) is 10.0. The maximum atomic E-state index is 11.7. The number of nitro benzene ring substituents is 1. The van der Waals surface area contributed by atoms with Gasteiger partial charge in [0.1, 0.15) is 5.84 Å². The lowest BCUT2D eigenvalue weighted by Gasteiger charge is -2.22. The largest absolute Gasteiger partial charge is 0.386 e. The first kappa shape index (κ1) is 16.7. The molecule has 0 saturated carbocycles. The minimum atomic E-state index is -0.298. The third kappa shape index (κ3) is 2.58. The number of halogens is 1. The van der Waals surface area contributed by atoms with Crippen molar-refractivity contribution in [2.45, 2.75) is 51.9 Å². The molecule has 1 aromatic carbocycles. The topological polar surface area (TPSA) is 81.5 Å². The zero-order chi connectivity index (χ0) is 16.9. The summed E-state index contributed by atoms with van der Waals surface area (Å²) in [5, 5.41) is 11.7. The Morgan fingerprint density at radius 3 is 2.50 bits per heavy atom. The lowest BCUT2D eigenvalue weighted by atomic mass is 9.81. The van der Waals surface area contributed by atoms with Crippen LogP contribution in [0.25, 0.3) is 0 Å². The fourth-order valence-electron chi connectivity index (χ4n) is 3.79. The zero-order valence-corrected chi connectivity index (χ0v) is 14.4. The van der Waals surface area contributed by atoms with Crippen LogP contribution >= 0.6 is 11.6 Å². The van der Waals surface area contributed by atoms with Gasteiger partial charge in [0, 0.05) is 5.56 Å². The highest BCUT2D eigenvalue weighted by Gasteiger charge is 2.47. The summed E-state index contributed by atoms with van der Waals surface area (Å²) in [5.74, 6) is 0.355. The number of nitrogens with two attached hydrogens (primary N) is 1. The van der Waals surface area contributed by atoms with E-state index < -0.39 is 0 Å². The minimum absolute atomic E-state index is 0.0964. The highest BCUT2D eigenvalue weighted by molar-refractivity contribution is 6.28. The molecule has 1 aliphatic carbocycles. The second-order valence-corrected chi connectivity index (χ2v) is 7.50. The molecule has 0 fully saturated rings. The van der Waals surface area contributed by atoms with Crippen LogP contribution in [0.3, 0.4) is 0 Å². The maximum Gasteiger partial charge on any atom is 0.278 e. The van der Waals surface area contributed by atoms with E-state index in [0.717, 1.165) is 17.5 Å². The third-order valence-electron chi connectivity index (χ3n) is 4.40. The molecule has 0 heterocycles. The van der Waals surface area contributed by atoms with Gasteiger partial charge in [-0.15, -0.1) is 11.6 Å². The molecule has 22 heavy (non-hydrogen) atoms. The van der Waals surface area contributed by atoms with Gasteiger partial charge >= 0.3 is 0 Å². The molecule has 120 valence electrons. The summed E-state index contributed by atoms with van der Waals surface area (Å²) in [6.07, 6.45) is 0.855. The Bertz CT molecular complexity index is 678. The van der Waals surface area contributed by atoms with Crippen LogP contribution in [0.2, 0.25) is 0 Å². The maximum absolute atomic E-state index is 11.7. The van der Waals surface area contributed by atoms with Crippen molar-refractivity contribution in [3.05, 3.63) is 32.9 Å². The number of alkyl halides is 1. The predicted octanol–water partition coefficient (Wildman–Crippen LogP) is 4.09. The minimum Gasteiger partial charge on any atom is -0.386 e. The van der Waals surface area contributed by atoms with Crippen molar-refractivity contribution in [3.8, 4) is 0 Å². The average Bonchev–Trinajstić information content (AvgIpc) is 2.55. The van der Waals surface area contributed by atoms with Crippen molar-refractivity contribution in [2.24, 2.45) is 10.7 Å². The van der Waals surface area contributed by atoms with Gasteiger partial charge in [-0.2, -0.15) is 0 Å². The number of benzene rings is 1. The van der Waals surface area contributed by atoms with Crippen LogP contribution in [0.4, 0.5) is 11.4 Å². The third-order valence-corrected chi connectivity index (χ3v) is 4.67. The molecule has 0 radical (unpaired) electrons. The van der Waals surface area contributed by atoms with E-state index in [4.69, 9.17) is 17.3 Å². The van der Waals surface area contributed by atoms with Gasteiger partial charge in [0.15, 0.2) is 0 Å². The zero-order valence-electron chi connectivity index (χ0n) is 13.7. The molecule has 1 aliphatic rings. The molecule has 0 saturated heterocycles. The van der Waals surface area contributed by atoms with E-state index >= 15 is 0 Å². The second kappa shape index (κ2) is 5.23.